The Balaban J connectivity index is 2.35. The molecule has 0 aromatic heterocycles. The highest BCUT2D eigenvalue weighted by molar-refractivity contribution is 7.89. The monoisotopic (exact) mass is 420 g/mol. The van der Waals surface area contributed by atoms with Crippen LogP contribution in [0.25, 0.3) is 0 Å². The molecule has 1 amide bonds. The van der Waals surface area contributed by atoms with E-state index in [4.69, 9.17) is 16.7 Å². The molecule has 10 heteroatoms. The molecule has 2 rings (SSSR count). The third-order valence-corrected chi connectivity index (χ3v) is 6.87. The maximum Gasteiger partial charge on any atom is 0.337 e. The van der Waals surface area contributed by atoms with Crippen molar-refractivity contribution < 1.29 is 27.5 Å². The molecule has 1 N–H and O–H groups in total. The summed E-state index contributed by atoms with van der Waals surface area (Å²) in [4.78, 5) is 24.6. The number of carbonyl (C=O) groups excluding carboxylic acids is 1. The van der Waals surface area contributed by atoms with Crippen LogP contribution >= 0.6 is 11.6 Å². The van der Waals surface area contributed by atoms with E-state index in [1.165, 1.54) is 0 Å². The first-order valence-corrected chi connectivity index (χ1v) is 10.5. The van der Waals surface area contributed by atoms with Gasteiger partial charge in [-0.15, -0.1) is 0 Å². The molecule has 1 aliphatic rings. The lowest BCUT2D eigenvalue weighted by molar-refractivity contribution is -0.136. The van der Waals surface area contributed by atoms with Gasteiger partial charge >= 0.3 is 5.97 Å². The van der Waals surface area contributed by atoms with Gasteiger partial charge in [-0.1, -0.05) is 11.6 Å². The summed E-state index contributed by atoms with van der Waals surface area (Å²) in [7, 11) is -4.31. The van der Waals surface area contributed by atoms with Gasteiger partial charge in [0.25, 0.3) is 0 Å². The summed E-state index contributed by atoms with van der Waals surface area (Å²) in [6.45, 7) is 4.79. The largest absolute Gasteiger partial charge is 0.478 e. The molecule has 150 valence electrons. The number of piperidine rings is 1. The van der Waals surface area contributed by atoms with Gasteiger partial charge in [0.2, 0.25) is 15.9 Å². The number of aromatic carboxylic acids is 1. The van der Waals surface area contributed by atoms with Gasteiger partial charge in [0.05, 0.1) is 16.5 Å². The molecule has 1 heterocycles. The number of carboxylic acids is 1. The van der Waals surface area contributed by atoms with Gasteiger partial charge in [0.1, 0.15) is 10.7 Å². The lowest BCUT2D eigenvalue weighted by Crippen LogP contribution is -2.46. The smallest absolute Gasteiger partial charge is 0.337 e. The maximum atomic E-state index is 14.3. The second-order valence-electron chi connectivity index (χ2n) is 6.28. The lowest BCUT2D eigenvalue weighted by atomic mass is 9.98. The van der Waals surface area contributed by atoms with Crippen molar-refractivity contribution in [1.29, 1.82) is 0 Å². The van der Waals surface area contributed by atoms with Crippen molar-refractivity contribution in [3.63, 3.8) is 0 Å². The van der Waals surface area contributed by atoms with Crippen LogP contribution in [0.15, 0.2) is 17.0 Å². The van der Waals surface area contributed by atoms with E-state index in [9.17, 15) is 22.4 Å². The van der Waals surface area contributed by atoms with E-state index in [1.54, 1.807) is 4.90 Å². The Morgan fingerprint density at radius 3 is 2.52 bits per heavy atom. The van der Waals surface area contributed by atoms with Crippen LogP contribution in [0.1, 0.15) is 37.0 Å². The summed E-state index contributed by atoms with van der Waals surface area (Å²) in [5.41, 5.74) is -0.496. The van der Waals surface area contributed by atoms with Crippen LogP contribution in [0, 0.1) is 11.7 Å². The fourth-order valence-corrected chi connectivity index (χ4v) is 5.01. The van der Waals surface area contributed by atoms with E-state index >= 15 is 0 Å². The van der Waals surface area contributed by atoms with Crippen molar-refractivity contribution in [2.24, 2.45) is 5.92 Å². The van der Waals surface area contributed by atoms with Gasteiger partial charge in [0.15, 0.2) is 0 Å². The zero-order valence-electron chi connectivity index (χ0n) is 15.1. The molecule has 0 radical (unpaired) electrons. The topological polar surface area (TPSA) is 95.0 Å². The number of halogens is 2. The van der Waals surface area contributed by atoms with Gasteiger partial charge in [-0.05, 0) is 38.8 Å². The zero-order valence-corrected chi connectivity index (χ0v) is 16.7. The van der Waals surface area contributed by atoms with Gasteiger partial charge in [0, 0.05) is 26.2 Å². The highest BCUT2D eigenvalue weighted by atomic mass is 35.5. The van der Waals surface area contributed by atoms with Crippen LogP contribution < -0.4 is 0 Å². The van der Waals surface area contributed by atoms with E-state index < -0.39 is 38.2 Å². The van der Waals surface area contributed by atoms with Crippen LogP contribution in [0.3, 0.4) is 0 Å². The molecule has 1 aromatic rings. The minimum atomic E-state index is -4.31. The minimum absolute atomic E-state index is 0.0673. The normalized spacial score (nSPS) is 18.3. The van der Waals surface area contributed by atoms with Crippen LogP contribution in [0.5, 0.6) is 0 Å². The summed E-state index contributed by atoms with van der Waals surface area (Å²) < 4.78 is 41.1. The van der Waals surface area contributed by atoms with Crippen molar-refractivity contribution >= 4 is 33.5 Å². The number of hydrogen-bond donors (Lipinski definition) is 1. The van der Waals surface area contributed by atoms with Crippen molar-refractivity contribution in [2.75, 3.05) is 26.2 Å². The summed E-state index contributed by atoms with van der Waals surface area (Å²) in [6, 6.07) is 1.41. The average Bonchev–Trinajstić information content (AvgIpc) is 2.62. The van der Waals surface area contributed by atoms with E-state index in [0.29, 0.717) is 32.0 Å². The third-order valence-electron chi connectivity index (χ3n) is 4.68. The van der Waals surface area contributed by atoms with E-state index in [0.717, 1.165) is 10.4 Å². The first kappa shape index (κ1) is 21.6. The summed E-state index contributed by atoms with van der Waals surface area (Å²) >= 11 is 5.68. The Bertz CT molecular complexity index is 842. The fourth-order valence-electron chi connectivity index (χ4n) is 3.19. The van der Waals surface area contributed by atoms with Crippen LogP contribution in [0.2, 0.25) is 5.02 Å². The standard InChI is InChI=1S/C17H22ClFN2O5S/c1-3-20(4-2)16(22)11-6-5-7-21(10-11)27(25,26)15-8-12(17(23)24)13(18)9-14(15)19/h8-9,11H,3-7,10H2,1-2H3,(H,23,24). The molecule has 1 fully saturated rings. The van der Waals surface area contributed by atoms with Gasteiger partial charge in [-0.3, -0.25) is 4.79 Å². The SMILES string of the molecule is CCN(CC)C(=O)C1CCCN(S(=O)(=O)c2cc(C(=O)O)c(Cl)cc2F)C1. The summed E-state index contributed by atoms with van der Waals surface area (Å²) in [6.07, 6.45) is 1.00. The molecule has 0 aliphatic carbocycles. The van der Waals surface area contributed by atoms with Crippen molar-refractivity contribution in [1.82, 2.24) is 9.21 Å². The number of carboxylic acid groups (broad SMARTS) is 1. The molecule has 1 atom stereocenters. The molecule has 1 unspecified atom stereocenters. The zero-order chi connectivity index (χ0) is 20.4. The molecule has 0 spiro atoms. The Hall–Kier alpha value is -1.71. The van der Waals surface area contributed by atoms with E-state index in [1.807, 2.05) is 13.8 Å². The number of sulfonamides is 1. The second kappa shape index (κ2) is 8.53. The number of amides is 1. The Labute approximate surface area is 162 Å². The van der Waals surface area contributed by atoms with Crippen molar-refractivity contribution in [3.05, 3.63) is 28.5 Å². The molecule has 1 aromatic carbocycles. The fraction of sp³-hybridized carbons (Fsp3) is 0.529. The number of carbonyl (C=O) groups is 2. The number of hydrogen-bond acceptors (Lipinski definition) is 4. The first-order valence-electron chi connectivity index (χ1n) is 8.64. The third kappa shape index (κ3) is 4.41. The number of rotatable bonds is 6. The highest BCUT2D eigenvalue weighted by Gasteiger charge is 2.36. The molecule has 7 nitrogen and oxygen atoms in total. The van der Waals surface area contributed by atoms with Crippen LogP contribution in [0.4, 0.5) is 4.39 Å². The van der Waals surface area contributed by atoms with E-state index in [-0.39, 0.29) is 24.0 Å². The Morgan fingerprint density at radius 1 is 1.33 bits per heavy atom. The molecule has 1 saturated heterocycles. The quantitative estimate of drug-likeness (QED) is 0.762. The van der Waals surface area contributed by atoms with Crippen LogP contribution in [-0.4, -0.2) is 60.8 Å². The second-order valence-corrected chi connectivity index (χ2v) is 8.59. The van der Waals surface area contributed by atoms with Gasteiger partial charge in [-0.2, -0.15) is 4.31 Å². The molecular formula is C17H22ClFN2O5S. The summed E-state index contributed by atoms with van der Waals surface area (Å²) in [5, 5.41) is 8.74. The molecule has 1 aliphatic heterocycles. The Kier molecular flexibility index (Phi) is 6.82. The highest BCUT2D eigenvalue weighted by Crippen LogP contribution is 2.29. The minimum Gasteiger partial charge on any atom is -0.478 e. The van der Waals surface area contributed by atoms with Crippen molar-refractivity contribution in [3.8, 4) is 0 Å². The van der Waals surface area contributed by atoms with Gasteiger partial charge < -0.3 is 10.0 Å². The number of benzene rings is 1. The lowest BCUT2D eigenvalue weighted by Gasteiger charge is -2.33. The molecule has 0 saturated carbocycles. The average molecular weight is 421 g/mol. The van der Waals surface area contributed by atoms with Crippen LogP contribution in [-0.2, 0) is 14.8 Å². The maximum absolute atomic E-state index is 14.3. The number of nitrogens with zero attached hydrogens (tertiary/aromatic N) is 2. The van der Waals surface area contributed by atoms with Crippen molar-refractivity contribution in [2.45, 2.75) is 31.6 Å². The first-order chi connectivity index (χ1) is 12.6. The molecule has 27 heavy (non-hydrogen) atoms. The Morgan fingerprint density at radius 2 is 1.96 bits per heavy atom. The predicted molar refractivity (Wildman–Crippen MR) is 97.8 cm³/mol. The van der Waals surface area contributed by atoms with Gasteiger partial charge in [-0.25, -0.2) is 17.6 Å². The summed E-state index contributed by atoms with van der Waals surface area (Å²) in [5.74, 6) is -3.22. The molecular weight excluding hydrogens is 399 g/mol. The van der Waals surface area contributed by atoms with E-state index in [2.05, 4.69) is 0 Å². The molecule has 0 bridgehead atoms. The predicted octanol–water partition coefficient (Wildman–Crippen LogP) is 2.45.